The van der Waals surface area contributed by atoms with Crippen molar-refractivity contribution in [2.45, 2.75) is 6.61 Å². The van der Waals surface area contributed by atoms with E-state index in [0.717, 1.165) is 11.3 Å². The quantitative estimate of drug-likeness (QED) is 0.658. The van der Waals surface area contributed by atoms with Crippen LogP contribution in [0.25, 0.3) is 5.69 Å². The molecule has 7 heteroatoms. The number of hydrogen-bond donors (Lipinski definition) is 0. The molecule has 0 fully saturated rings. The van der Waals surface area contributed by atoms with Crippen molar-refractivity contribution in [2.24, 2.45) is 0 Å². The molecule has 1 aromatic heterocycles. The molecular weight excluding hydrogens is 336 g/mol. The van der Waals surface area contributed by atoms with Crippen molar-refractivity contribution in [2.75, 3.05) is 13.9 Å². The Morgan fingerprint density at radius 3 is 2.77 bits per heavy atom. The van der Waals surface area contributed by atoms with Crippen molar-refractivity contribution in [1.82, 2.24) is 9.78 Å². The highest BCUT2D eigenvalue weighted by Gasteiger charge is 2.20. The molecule has 0 bridgehead atoms. The maximum Gasteiger partial charge on any atom is 0.363 e. The molecule has 1 aliphatic rings. The summed E-state index contributed by atoms with van der Waals surface area (Å²) in [5.41, 5.74) is 1.74. The first-order valence-corrected chi connectivity index (χ1v) is 7.99. The van der Waals surface area contributed by atoms with E-state index in [2.05, 4.69) is 5.10 Å². The Labute approximate surface area is 149 Å². The molecule has 0 N–H and O–H groups in total. The molecule has 0 atom stereocenters. The van der Waals surface area contributed by atoms with E-state index in [-0.39, 0.29) is 19.1 Å². The van der Waals surface area contributed by atoms with Crippen molar-refractivity contribution in [3.8, 4) is 22.9 Å². The van der Waals surface area contributed by atoms with Crippen molar-refractivity contribution >= 4 is 5.97 Å². The van der Waals surface area contributed by atoms with Gasteiger partial charge in [-0.25, -0.2) is 9.48 Å². The van der Waals surface area contributed by atoms with Crippen LogP contribution in [0.5, 0.6) is 17.2 Å². The van der Waals surface area contributed by atoms with Crippen molar-refractivity contribution < 1.29 is 23.7 Å². The van der Waals surface area contributed by atoms with Crippen LogP contribution in [0.1, 0.15) is 16.1 Å². The number of aromatic nitrogens is 2. The summed E-state index contributed by atoms with van der Waals surface area (Å²) in [6.45, 7) is 0.295. The van der Waals surface area contributed by atoms with Gasteiger partial charge in [0, 0.05) is 0 Å². The van der Waals surface area contributed by atoms with Gasteiger partial charge in [0.25, 0.3) is 0 Å². The third-order valence-electron chi connectivity index (χ3n) is 3.92. The fourth-order valence-corrected chi connectivity index (χ4v) is 2.61. The number of hydrogen-bond acceptors (Lipinski definition) is 6. The Hall–Kier alpha value is -3.48. The second kappa shape index (κ2) is 6.79. The third kappa shape index (κ3) is 3.06. The molecule has 0 radical (unpaired) electrons. The van der Waals surface area contributed by atoms with Crippen molar-refractivity contribution in [3.63, 3.8) is 0 Å². The lowest BCUT2D eigenvalue weighted by atomic mass is 10.2. The molecule has 0 amide bonds. The van der Waals surface area contributed by atoms with Gasteiger partial charge < -0.3 is 18.9 Å². The van der Waals surface area contributed by atoms with Gasteiger partial charge in [-0.2, -0.15) is 5.10 Å². The van der Waals surface area contributed by atoms with Crippen molar-refractivity contribution in [3.05, 3.63) is 66.0 Å². The zero-order valence-electron chi connectivity index (χ0n) is 14.0. The van der Waals surface area contributed by atoms with Crippen LogP contribution in [0, 0.1) is 0 Å². The lowest BCUT2D eigenvalue weighted by Gasteiger charge is -2.05. The van der Waals surface area contributed by atoms with E-state index < -0.39 is 5.97 Å². The summed E-state index contributed by atoms with van der Waals surface area (Å²) >= 11 is 0. The number of fused-ring (bicyclic) bond motifs is 1. The number of carbonyl (C=O) groups excluding carboxylic acids is 1. The maximum absolute atomic E-state index is 12.4. The molecule has 26 heavy (non-hydrogen) atoms. The predicted molar refractivity (Wildman–Crippen MR) is 91.8 cm³/mol. The molecule has 2 heterocycles. The van der Waals surface area contributed by atoms with E-state index in [4.69, 9.17) is 18.9 Å². The molecule has 1 aliphatic heterocycles. The maximum atomic E-state index is 12.4. The van der Waals surface area contributed by atoms with Crippen LogP contribution >= 0.6 is 0 Å². The molecule has 2 aromatic carbocycles. The van der Waals surface area contributed by atoms with Crippen LogP contribution in [-0.4, -0.2) is 29.7 Å². The Kier molecular flexibility index (Phi) is 4.18. The molecule has 132 valence electrons. The van der Waals surface area contributed by atoms with Crippen LogP contribution in [0.3, 0.4) is 0 Å². The van der Waals surface area contributed by atoms with Gasteiger partial charge in [0.15, 0.2) is 17.2 Å². The lowest BCUT2D eigenvalue weighted by Crippen LogP contribution is -2.08. The minimum Gasteiger partial charge on any atom is -0.493 e. The number of methoxy groups -OCH3 is 1. The van der Waals surface area contributed by atoms with E-state index in [9.17, 15) is 4.79 Å². The summed E-state index contributed by atoms with van der Waals surface area (Å²) in [5, 5.41) is 4.29. The number of carbonyl (C=O) groups is 1. The topological polar surface area (TPSA) is 71.8 Å². The van der Waals surface area contributed by atoms with Crippen LogP contribution in [0.2, 0.25) is 0 Å². The van der Waals surface area contributed by atoms with Gasteiger partial charge in [-0.05, 0) is 29.8 Å². The number of esters is 1. The van der Waals surface area contributed by atoms with Gasteiger partial charge in [-0.1, -0.05) is 24.3 Å². The van der Waals surface area contributed by atoms with E-state index >= 15 is 0 Å². The van der Waals surface area contributed by atoms with E-state index in [0.29, 0.717) is 17.2 Å². The number of para-hydroxylation sites is 1. The number of ether oxygens (including phenoxy) is 4. The zero-order valence-corrected chi connectivity index (χ0v) is 14.0. The second-order valence-electron chi connectivity index (χ2n) is 5.59. The molecule has 3 aromatic rings. The van der Waals surface area contributed by atoms with E-state index in [1.54, 1.807) is 23.0 Å². The van der Waals surface area contributed by atoms with Crippen LogP contribution in [0.15, 0.2) is 54.7 Å². The first-order chi connectivity index (χ1) is 12.7. The summed E-state index contributed by atoms with van der Waals surface area (Å²) in [6, 6.07) is 14.8. The van der Waals surface area contributed by atoms with Crippen molar-refractivity contribution in [1.29, 1.82) is 0 Å². The average molecular weight is 352 g/mol. The Balaban J connectivity index is 1.50. The normalized spacial score (nSPS) is 12.0. The van der Waals surface area contributed by atoms with Gasteiger partial charge in [0.05, 0.1) is 19.0 Å². The fourth-order valence-electron chi connectivity index (χ4n) is 2.61. The Bertz CT molecular complexity index is 936. The molecule has 0 saturated heterocycles. The van der Waals surface area contributed by atoms with Gasteiger partial charge in [0.2, 0.25) is 12.5 Å². The summed E-state index contributed by atoms with van der Waals surface area (Å²) in [7, 11) is 1.49. The monoisotopic (exact) mass is 352 g/mol. The second-order valence-corrected chi connectivity index (χ2v) is 5.59. The number of benzene rings is 2. The Morgan fingerprint density at radius 1 is 1.15 bits per heavy atom. The minimum atomic E-state index is -0.561. The SMILES string of the molecule is COc1cn(-c2ccccc2)nc1C(=O)OCc1ccc2c(c1)OCO2. The first kappa shape index (κ1) is 16.0. The van der Waals surface area contributed by atoms with Gasteiger partial charge in [-0.15, -0.1) is 0 Å². The lowest BCUT2D eigenvalue weighted by molar-refractivity contribution is 0.0461. The summed E-state index contributed by atoms with van der Waals surface area (Å²) in [6.07, 6.45) is 1.65. The number of rotatable bonds is 5. The van der Waals surface area contributed by atoms with Crippen LogP contribution in [-0.2, 0) is 11.3 Å². The minimum absolute atomic E-state index is 0.0941. The molecule has 0 saturated carbocycles. The number of nitrogens with zero attached hydrogens (tertiary/aromatic N) is 2. The van der Waals surface area contributed by atoms with Crippen LogP contribution in [0.4, 0.5) is 0 Å². The average Bonchev–Trinajstić information content (AvgIpc) is 3.33. The summed E-state index contributed by atoms with van der Waals surface area (Å²) in [4.78, 5) is 12.4. The molecule has 0 unspecified atom stereocenters. The highest BCUT2D eigenvalue weighted by atomic mass is 16.7. The fraction of sp³-hybridized carbons (Fsp3) is 0.158. The first-order valence-electron chi connectivity index (χ1n) is 7.99. The van der Waals surface area contributed by atoms with Gasteiger partial charge in [-0.3, -0.25) is 0 Å². The zero-order chi connectivity index (χ0) is 17.9. The molecule has 0 spiro atoms. The Morgan fingerprint density at radius 2 is 1.96 bits per heavy atom. The van der Waals surface area contributed by atoms with E-state index in [1.807, 2.05) is 36.4 Å². The smallest absolute Gasteiger partial charge is 0.363 e. The predicted octanol–water partition coefficient (Wildman–Crippen LogP) is 2.97. The largest absolute Gasteiger partial charge is 0.493 e. The molecule has 4 rings (SSSR count). The molecule has 7 nitrogen and oxygen atoms in total. The summed E-state index contributed by atoms with van der Waals surface area (Å²) < 4.78 is 22.8. The highest BCUT2D eigenvalue weighted by Crippen LogP contribution is 2.32. The van der Waals surface area contributed by atoms with Crippen LogP contribution < -0.4 is 14.2 Å². The molecular formula is C19H16N2O5. The molecule has 0 aliphatic carbocycles. The van der Waals surface area contributed by atoms with E-state index in [1.165, 1.54) is 7.11 Å². The third-order valence-corrected chi connectivity index (χ3v) is 3.92. The summed E-state index contributed by atoms with van der Waals surface area (Å²) in [5.74, 6) is 1.12. The van der Waals surface area contributed by atoms with Gasteiger partial charge in [0.1, 0.15) is 6.61 Å². The highest BCUT2D eigenvalue weighted by molar-refractivity contribution is 5.90. The van der Waals surface area contributed by atoms with Gasteiger partial charge >= 0.3 is 5.97 Å². The standard InChI is InChI=1S/C19H16N2O5/c1-23-17-10-21(14-5-3-2-4-6-14)20-18(17)19(22)24-11-13-7-8-15-16(9-13)26-12-25-15/h2-10H,11-12H2,1H3.